The van der Waals surface area contributed by atoms with Gasteiger partial charge in [0.25, 0.3) is 0 Å². The lowest BCUT2D eigenvalue weighted by Crippen LogP contribution is -2.26. The predicted molar refractivity (Wildman–Crippen MR) is 46.9 cm³/mol. The van der Waals surface area contributed by atoms with Crippen LogP contribution in [0.15, 0.2) is 0 Å². The van der Waals surface area contributed by atoms with E-state index in [9.17, 15) is 0 Å². The van der Waals surface area contributed by atoms with Crippen molar-refractivity contribution in [2.75, 3.05) is 12.3 Å². The van der Waals surface area contributed by atoms with Crippen LogP contribution in [0.25, 0.3) is 0 Å². The third-order valence-corrected chi connectivity index (χ3v) is 3.35. The van der Waals surface area contributed by atoms with E-state index >= 15 is 0 Å². The zero-order valence-corrected chi connectivity index (χ0v) is 7.12. The van der Waals surface area contributed by atoms with Crippen molar-refractivity contribution >= 4 is 11.8 Å². The molecule has 1 fully saturated rings. The fraction of sp³-hybridized carbons (Fsp3) is 1.00. The van der Waals surface area contributed by atoms with Gasteiger partial charge in [-0.25, -0.2) is 0 Å². The Labute approximate surface area is 66.9 Å². The number of rotatable bonds is 3. The maximum atomic E-state index is 5.19. The molecular formula is C7H16N2S. The molecule has 1 atom stereocenters. The van der Waals surface area contributed by atoms with E-state index in [1.54, 1.807) is 0 Å². The number of thioether (sulfide) groups is 1. The second kappa shape index (κ2) is 4.99. The lowest BCUT2D eigenvalue weighted by molar-refractivity contribution is 0.595. The molecule has 0 amide bonds. The Morgan fingerprint density at radius 2 is 2.40 bits per heavy atom. The van der Waals surface area contributed by atoms with Crippen LogP contribution in [0.1, 0.15) is 25.7 Å². The molecule has 1 saturated heterocycles. The third-order valence-electron chi connectivity index (χ3n) is 1.88. The lowest BCUT2D eigenvalue weighted by atomic mass is 10.1. The highest BCUT2D eigenvalue weighted by molar-refractivity contribution is 7.99. The fourth-order valence-corrected chi connectivity index (χ4v) is 2.60. The lowest BCUT2D eigenvalue weighted by Gasteiger charge is -2.20. The van der Waals surface area contributed by atoms with E-state index in [0.29, 0.717) is 0 Å². The van der Waals surface area contributed by atoms with Crippen LogP contribution in [0.3, 0.4) is 0 Å². The van der Waals surface area contributed by atoms with E-state index in [4.69, 9.17) is 5.84 Å². The van der Waals surface area contributed by atoms with Gasteiger partial charge in [-0.3, -0.25) is 11.3 Å². The molecule has 0 aliphatic carbocycles. The molecule has 1 unspecified atom stereocenters. The Morgan fingerprint density at radius 3 is 3.00 bits per heavy atom. The van der Waals surface area contributed by atoms with Crippen LogP contribution in [0.2, 0.25) is 0 Å². The van der Waals surface area contributed by atoms with Crippen molar-refractivity contribution in [2.24, 2.45) is 5.84 Å². The van der Waals surface area contributed by atoms with Gasteiger partial charge in [0.15, 0.2) is 0 Å². The first-order valence-electron chi connectivity index (χ1n) is 3.98. The summed E-state index contributed by atoms with van der Waals surface area (Å²) in [6.45, 7) is 0.970. The van der Waals surface area contributed by atoms with Crippen molar-refractivity contribution < 1.29 is 0 Å². The Bertz CT molecular complexity index is 81.7. The number of nitrogens with one attached hydrogen (secondary N) is 1. The first-order chi connectivity index (χ1) is 4.93. The number of hydrogen-bond donors (Lipinski definition) is 2. The van der Waals surface area contributed by atoms with Gasteiger partial charge in [0, 0.05) is 11.8 Å². The molecule has 0 bridgehead atoms. The number of hydrazine groups is 1. The zero-order valence-electron chi connectivity index (χ0n) is 6.31. The maximum Gasteiger partial charge on any atom is 0.0108 e. The molecule has 0 spiro atoms. The Hall–Kier alpha value is 0.270. The summed E-state index contributed by atoms with van der Waals surface area (Å²) in [5.74, 6) is 6.54. The molecule has 1 aliphatic rings. The van der Waals surface area contributed by atoms with Crippen LogP contribution in [0.4, 0.5) is 0 Å². The molecule has 2 nitrogen and oxygen atoms in total. The van der Waals surface area contributed by atoms with Crippen LogP contribution < -0.4 is 11.3 Å². The Morgan fingerprint density at radius 1 is 1.50 bits per heavy atom. The van der Waals surface area contributed by atoms with Gasteiger partial charge in [0.05, 0.1) is 0 Å². The molecule has 3 N–H and O–H groups in total. The monoisotopic (exact) mass is 160 g/mol. The van der Waals surface area contributed by atoms with Crippen molar-refractivity contribution in [1.29, 1.82) is 0 Å². The van der Waals surface area contributed by atoms with Crippen molar-refractivity contribution in [2.45, 2.75) is 30.9 Å². The summed E-state index contributed by atoms with van der Waals surface area (Å²) in [7, 11) is 0. The van der Waals surface area contributed by atoms with E-state index in [1.165, 1.54) is 31.4 Å². The van der Waals surface area contributed by atoms with E-state index in [0.717, 1.165) is 11.8 Å². The summed E-state index contributed by atoms with van der Waals surface area (Å²) in [6, 6.07) is 0. The third kappa shape index (κ3) is 2.90. The maximum absolute atomic E-state index is 5.19. The van der Waals surface area contributed by atoms with E-state index < -0.39 is 0 Å². The summed E-state index contributed by atoms with van der Waals surface area (Å²) in [5.41, 5.74) is 2.70. The van der Waals surface area contributed by atoms with Crippen molar-refractivity contribution in [3.8, 4) is 0 Å². The number of nitrogens with two attached hydrogens (primary N) is 1. The zero-order chi connectivity index (χ0) is 7.23. The van der Waals surface area contributed by atoms with Gasteiger partial charge in [-0.2, -0.15) is 11.8 Å². The summed E-state index contributed by atoms with van der Waals surface area (Å²) in [6.07, 6.45) is 5.47. The first kappa shape index (κ1) is 8.37. The largest absolute Gasteiger partial charge is 0.271 e. The van der Waals surface area contributed by atoms with Crippen LogP contribution in [0, 0.1) is 0 Å². The summed E-state index contributed by atoms with van der Waals surface area (Å²) >= 11 is 2.11. The molecule has 60 valence electrons. The highest BCUT2D eigenvalue weighted by Crippen LogP contribution is 2.26. The van der Waals surface area contributed by atoms with Crippen LogP contribution in [0.5, 0.6) is 0 Å². The average Bonchev–Trinajstić information content (AvgIpc) is 2.03. The molecule has 0 aromatic rings. The highest BCUT2D eigenvalue weighted by atomic mass is 32.2. The Kier molecular flexibility index (Phi) is 4.18. The topological polar surface area (TPSA) is 38.0 Å². The number of hydrogen-bond acceptors (Lipinski definition) is 3. The van der Waals surface area contributed by atoms with Gasteiger partial charge in [0.1, 0.15) is 0 Å². The average molecular weight is 160 g/mol. The smallest absolute Gasteiger partial charge is 0.0108 e. The van der Waals surface area contributed by atoms with Gasteiger partial charge in [0.2, 0.25) is 0 Å². The minimum absolute atomic E-state index is 0.879. The minimum Gasteiger partial charge on any atom is -0.271 e. The van der Waals surface area contributed by atoms with Crippen molar-refractivity contribution in [3.63, 3.8) is 0 Å². The molecule has 1 rings (SSSR count). The van der Waals surface area contributed by atoms with Gasteiger partial charge in [-0.15, -0.1) is 0 Å². The molecule has 0 aromatic carbocycles. The fourth-order valence-electron chi connectivity index (χ4n) is 1.28. The molecular weight excluding hydrogens is 144 g/mol. The molecule has 0 aromatic heterocycles. The van der Waals surface area contributed by atoms with Gasteiger partial charge < -0.3 is 0 Å². The molecule has 0 saturated carbocycles. The van der Waals surface area contributed by atoms with Gasteiger partial charge >= 0.3 is 0 Å². The van der Waals surface area contributed by atoms with Gasteiger partial charge in [-0.05, 0) is 25.0 Å². The van der Waals surface area contributed by atoms with E-state index in [2.05, 4.69) is 17.2 Å². The summed E-state index contributed by atoms with van der Waals surface area (Å²) < 4.78 is 0. The molecule has 3 heteroatoms. The second-order valence-electron chi connectivity index (χ2n) is 2.73. The molecule has 10 heavy (non-hydrogen) atoms. The Balaban J connectivity index is 2.02. The van der Waals surface area contributed by atoms with Gasteiger partial charge in [-0.1, -0.05) is 6.42 Å². The predicted octanol–water partition coefficient (Wildman–Crippen LogP) is 1.13. The highest BCUT2D eigenvalue weighted by Gasteiger charge is 2.12. The minimum atomic E-state index is 0.879. The van der Waals surface area contributed by atoms with Crippen LogP contribution in [-0.4, -0.2) is 17.5 Å². The standard InChI is InChI=1S/C7H16N2S/c8-9-5-4-7-3-1-2-6-10-7/h7,9H,1-6,8H2. The van der Waals surface area contributed by atoms with E-state index in [1.807, 2.05) is 0 Å². The summed E-state index contributed by atoms with van der Waals surface area (Å²) in [4.78, 5) is 0. The molecule has 1 aliphatic heterocycles. The van der Waals surface area contributed by atoms with E-state index in [-0.39, 0.29) is 0 Å². The quantitative estimate of drug-likeness (QED) is 0.480. The SMILES string of the molecule is NNCCC1CCCCS1. The summed E-state index contributed by atoms with van der Waals surface area (Å²) in [5, 5.41) is 0.879. The van der Waals surface area contributed by atoms with Crippen LogP contribution >= 0.6 is 11.8 Å². The van der Waals surface area contributed by atoms with Crippen LogP contribution in [-0.2, 0) is 0 Å². The molecule has 0 radical (unpaired) electrons. The normalized spacial score (nSPS) is 26.7. The molecule has 1 heterocycles. The van der Waals surface area contributed by atoms with Crippen molar-refractivity contribution in [1.82, 2.24) is 5.43 Å². The van der Waals surface area contributed by atoms with Crippen molar-refractivity contribution in [3.05, 3.63) is 0 Å². The second-order valence-corrected chi connectivity index (χ2v) is 4.14. The first-order valence-corrected chi connectivity index (χ1v) is 5.03.